The third-order valence-electron chi connectivity index (χ3n) is 3.05. The number of aryl methyl sites for hydroxylation is 1. The molecule has 1 N–H and O–H groups in total. The maximum atomic E-state index is 4.17. The number of aromatic nitrogens is 3. The van der Waals surface area contributed by atoms with E-state index in [1.165, 1.54) is 5.56 Å². The zero-order valence-electron chi connectivity index (χ0n) is 11.3. The van der Waals surface area contributed by atoms with Crippen LogP contribution in [0.5, 0.6) is 0 Å². The highest BCUT2D eigenvalue weighted by Crippen LogP contribution is 2.17. The summed E-state index contributed by atoms with van der Waals surface area (Å²) in [7, 11) is 3.89. The van der Waals surface area contributed by atoms with E-state index in [1.54, 1.807) is 4.68 Å². The highest BCUT2D eigenvalue weighted by Gasteiger charge is 2.12. The summed E-state index contributed by atoms with van der Waals surface area (Å²) in [5.41, 5.74) is 2.40. The molecule has 2 aromatic rings. The van der Waals surface area contributed by atoms with E-state index in [9.17, 15) is 0 Å². The molecule has 19 heavy (non-hydrogen) atoms. The van der Waals surface area contributed by atoms with Crippen molar-refractivity contribution < 1.29 is 0 Å². The van der Waals surface area contributed by atoms with Crippen LogP contribution in [0.25, 0.3) is 0 Å². The zero-order chi connectivity index (χ0) is 13.7. The SMILES string of the molecule is CNCC(Cc1cccc(Br)c1)Cc1cn(C)nn1. The van der Waals surface area contributed by atoms with Gasteiger partial charge >= 0.3 is 0 Å². The first-order valence-corrected chi connectivity index (χ1v) is 7.21. The van der Waals surface area contributed by atoms with Crippen LogP contribution in [0, 0.1) is 5.92 Å². The molecule has 0 fully saturated rings. The number of hydrogen-bond acceptors (Lipinski definition) is 3. The minimum absolute atomic E-state index is 0.524. The second-order valence-corrected chi connectivity index (χ2v) is 5.76. The first-order chi connectivity index (χ1) is 9.17. The molecule has 0 amide bonds. The highest BCUT2D eigenvalue weighted by molar-refractivity contribution is 9.10. The van der Waals surface area contributed by atoms with Crippen LogP contribution in [0.4, 0.5) is 0 Å². The van der Waals surface area contributed by atoms with Crippen molar-refractivity contribution in [2.24, 2.45) is 13.0 Å². The molecule has 0 aliphatic carbocycles. The van der Waals surface area contributed by atoms with Crippen molar-refractivity contribution in [3.63, 3.8) is 0 Å². The van der Waals surface area contributed by atoms with Crippen molar-refractivity contribution in [3.8, 4) is 0 Å². The van der Waals surface area contributed by atoms with E-state index in [1.807, 2.05) is 20.3 Å². The van der Waals surface area contributed by atoms with Gasteiger partial charge in [0.25, 0.3) is 0 Å². The Morgan fingerprint density at radius 1 is 1.37 bits per heavy atom. The molecule has 5 heteroatoms. The van der Waals surface area contributed by atoms with Crippen LogP contribution >= 0.6 is 15.9 Å². The maximum absolute atomic E-state index is 4.17. The Bertz CT molecular complexity index is 524. The summed E-state index contributed by atoms with van der Waals surface area (Å²) < 4.78 is 2.89. The molecule has 1 atom stereocenters. The van der Waals surface area contributed by atoms with Gasteiger partial charge in [-0.2, -0.15) is 0 Å². The average Bonchev–Trinajstić information content (AvgIpc) is 2.75. The number of halogens is 1. The summed E-state index contributed by atoms with van der Waals surface area (Å²) >= 11 is 3.52. The largest absolute Gasteiger partial charge is 0.319 e. The molecule has 0 spiro atoms. The molecule has 0 aliphatic rings. The molecule has 1 aromatic heterocycles. The molecule has 1 unspecified atom stereocenters. The van der Waals surface area contributed by atoms with Crippen LogP contribution in [0.1, 0.15) is 11.3 Å². The summed E-state index contributed by atoms with van der Waals surface area (Å²) in [6.45, 7) is 0.975. The number of benzene rings is 1. The molecule has 1 aromatic carbocycles. The molecule has 0 aliphatic heterocycles. The summed E-state index contributed by atoms with van der Waals surface area (Å²) in [5, 5.41) is 11.4. The van der Waals surface area contributed by atoms with Gasteiger partial charge in [0.1, 0.15) is 0 Å². The third kappa shape index (κ3) is 4.44. The van der Waals surface area contributed by atoms with Crippen LogP contribution in [-0.2, 0) is 19.9 Å². The van der Waals surface area contributed by atoms with Crippen molar-refractivity contribution in [1.29, 1.82) is 0 Å². The first-order valence-electron chi connectivity index (χ1n) is 6.41. The Labute approximate surface area is 122 Å². The molecule has 4 nitrogen and oxygen atoms in total. The second kappa shape index (κ2) is 6.82. The van der Waals surface area contributed by atoms with Gasteiger partial charge in [0.15, 0.2) is 0 Å². The molecule has 0 saturated heterocycles. The van der Waals surface area contributed by atoms with Gasteiger partial charge in [-0.05, 0) is 50.0 Å². The Morgan fingerprint density at radius 2 is 2.21 bits per heavy atom. The standard InChI is InChI=1S/C14H19BrN4/c1-16-9-12(8-14-10-19(2)18-17-14)6-11-4-3-5-13(15)7-11/h3-5,7,10,12,16H,6,8-9H2,1-2H3. The lowest BCUT2D eigenvalue weighted by Gasteiger charge is -2.15. The molecule has 102 valence electrons. The highest BCUT2D eigenvalue weighted by atomic mass is 79.9. The van der Waals surface area contributed by atoms with Crippen molar-refractivity contribution in [2.45, 2.75) is 12.8 Å². The van der Waals surface area contributed by atoms with Gasteiger partial charge in [-0.1, -0.05) is 33.3 Å². The number of rotatable bonds is 6. The lowest BCUT2D eigenvalue weighted by molar-refractivity contribution is 0.488. The Kier molecular flexibility index (Phi) is 5.10. The molecule has 0 saturated carbocycles. The Hall–Kier alpha value is -1.20. The second-order valence-electron chi connectivity index (χ2n) is 4.85. The van der Waals surface area contributed by atoms with E-state index >= 15 is 0 Å². The van der Waals surface area contributed by atoms with Crippen LogP contribution in [0.2, 0.25) is 0 Å². The molecule has 2 rings (SSSR count). The van der Waals surface area contributed by atoms with Crippen LogP contribution in [0.15, 0.2) is 34.9 Å². The van der Waals surface area contributed by atoms with Gasteiger partial charge < -0.3 is 5.32 Å². The quantitative estimate of drug-likeness (QED) is 0.886. The fourth-order valence-corrected chi connectivity index (χ4v) is 2.73. The smallest absolute Gasteiger partial charge is 0.0830 e. The fourth-order valence-electron chi connectivity index (χ4n) is 2.29. The predicted octanol–water partition coefficient (Wildman–Crippen LogP) is 2.20. The van der Waals surface area contributed by atoms with Crippen LogP contribution in [-0.4, -0.2) is 28.6 Å². The van der Waals surface area contributed by atoms with E-state index in [2.05, 4.69) is 55.8 Å². The normalized spacial score (nSPS) is 12.6. The van der Waals surface area contributed by atoms with E-state index in [0.717, 1.165) is 29.6 Å². The van der Waals surface area contributed by atoms with Gasteiger partial charge in [-0.15, -0.1) is 5.10 Å². The van der Waals surface area contributed by atoms with Crippen LogP contribution < -0.4 is 5.32 Å². The molecular weight excluding hydrogens is 304 g/mol. The summed E-state index contributed by atoms with van der Waals surface area (Å²) in [5.74, 6) is 0.524. The maximum Gasteiger partial charge on any atom is 0.0830 e. The monoisotopic (exact) mass is 322 g/mol. The molecule has 0 radical (unpaired) electrons. The van der Waals surface area contributed by atoms with E-state index in [4.69, 9.17) is 0 Å². The topological polar surface area (TPSA) is 42.7 Å². The zero-order valence-corrected chi connectivity index (χ0v) is 12.9. The van der Waals surface area contributed by atoms with Crippen molar-refractivity contribution in [3.05, 3.63) is 46.2 Å². The molecule has 1 heterocycles. The number of hydrogen-bond donors (Lipinski definition) is 1. The van der Waals surface area contributed by atoms with Crippen LogP contribution in [0.3, 0.4) is 0 Å². The van der Waals surface area contributed by atoms with Crippen molar-refractivity contribution >= 4 is 15.9 Å². The Morgan fingerprint density at radius 3 is 2.84 bits per heavy atom. The van der Waals surface area contributed by atoms with Crippen molar-refractivity contribution in [2.75, 3.05) is 13.6 Å². The van der Waals surface area contributed by atoms with E-state index in [-0.39, 0.29) is 0 Å². The lowest BCUT2D eigenvalue weighted by atomic mass is 9.95. The van der Waals surface area contributed by atoms with E-state index in [0.29, 0.717) is 5.92 Å². The number of nitrogens with zero attached hydrogens (tertiary/aromatic N) is 3. The molecular formula is C14H19BrN4. The van der Waals surface area contributed by atoms with Gasteiger partial charge in [0.2, 0.25) is 0 Å². The van der Waals surface area contributed by atoms with Gasteiger partial charge in [-0.3, -0.25) is 4.68 Å². The van der Waals surface area contributed by atoms with Gasteiger partial charge in [-0.25, -0.2) is 0 Å². The third-order valence-corrected chi connectivity index (χ3v) is 3.55. The van der Waals surface area contributed by atoms with E-state index < -0.39 is 0 Å². The minimum Gasteiger partial charge on any atom is -0.319 e. The Balaban J connectivity index is 2.03. The van der Waals surface area contributed by atoms with Crippen molar-refractivity contribution in [1.82, 2.24) is 20.3 Å². The fraction of sp³-hybridized carbons (Fsp3) is 0.429. The summed E-state index contributed by atoms with van der Waals surface area (Å²) in [4.78, 5) is 0. The lowest BCUT2D eigenvalue weighted by Crippen LogP contribution is -2.23. The van der Waals surface area contributed by atoms with Gasteiger partial charge in [0.05, 0.1) is 5.69 Å². The summed E-state index contributed by atoms with van der Waals surface area (Å²) in [6.07, 6.45) is 3.97. The first kappa shape index (κ1) is 14.2. The minimum atomic E-state index is 0.524. The molecule has 0 bridgehead atoms. The number of nitrogens with one attached hydrogen (secondary N) is 1. The average molecular weight is 323 g/mol. The predicted molar refractivity (Wildman–Crippen MR) is 80.0 cm³/mol. The van der Waals surface area contributed by atoms with Gasteiger partial charge in [0, 0.05) is 17.7 Å². The summed E-state index contributed by atoms with van der Waals surface area (Å²) in [6, 6.07) is 8.49.